The van der Waals surface area contributed by atoms with Gasteiger partial charge < -0.3 is 10.1 Å². The molecule has 1 aliphatic heterocycles. The molecule has 1 unspecified atom stereocenters. The molecule has 6 heteroatoms. The zero-order valence-electron chi connectivity index (χ0n) is 8.81. The molecule has 0 bridgehead atoms. The molecule has 0 aromatic rings. The third-order valence-corrected chi connectivity index (χ3v) is 2.55. The molecule has 1 aliphatic rings. The van der Waals surface area contributed by atoms with Crippen molar-refractivity contribution in [1.29, 1.82) is 0 Å². The Morgan fingerprint density at radius 3 is 2.80 bits per heavy atom. The summed E-state index contributed by atoms with van der Waals surface area (Å²) in [6.07, 6.45) is -4.11. The van der Waals surface area contributed by atoms with Crippen molar-refractivity contribution in [3.8, 4) is 0 Å². The molecule has 3 nitrogen and oxygen atoms in total. The van der Waals surface area contributed by atoms with E-state index in [-0.39, 0.29) is 13.1 Å². The van der Waals surface area contributed by atoms with Gasteiger partial charge in [-0.05, 0) is 0 Å². The molecule has 0 saturated carbocycles. The lowest BCUT2D eigenvalue weighted by atomic mass is 10.1. The Kier molecular flexibility index (Phi) is 4.82. The van der Waals surface area contributed by atoms with Crippen molar-refractivity contribution in [2.75, 3.05) is 46.4 Å². The predicted octanol–water partition coefficient (Wildman–Crippen LogP) is 0.716. The molecule has 0 radical (unpaired) electrons. The summed E-state index contributed by atoms with van der Waals surface area (Å²) in [5.41, 5.74) is 0. The van der Waals surface area contributed by atoms with Gasteiger partial charge in [0, 0.05) is 39.8 Å². The van der Waals surface area contributed by atoms with Crippen LogP contribution >= 0.6 is 0 Å². The summed E-state index contributed by atoms with van der Waals surface area (Å²) >= 11 is 0. The van der Waals surface area contributed by atoms with Crippen molar-refractivity contribution < 1.29 is 17.9 Å². The Morgan fingerprint density at radius 1 is 1.47 bits per heavy atom. The van der Waals surface area contributed by atoms with E-state index in [1.807, 2.05) is 0 Å². The number of halogens is 3. The molecule has 1 saturated heterocycles. The number of hydrogen-bond donors (Lipinski definition) is 1. The Balaban J connectivity index is 2.46. The van der Waals surface area contributed by atoms with E-state index in [4.69, 9.17) is 4.74 Å². The number of hydrogen-bond acceptors (Lipinski definition) is 3. The lowest BCUT2D eigenvalue weighted by Gasteiger charge is -2.24. The van der Waals surface area contributed by atoms with Gasteiger partial charge in [0.2, 0.25) is 0 Å². The molecule has 1 rings (SSSR count). The number of nitrogens with one attached hydrogen (secondary N) is 1. The van der Waals surface area contributed by atoms with Crippen LogP contribution in [0.2, 0.25) is 0 Å². The SMILES string of the molecule is COCCN1CCNCC(C(F)(F)F)C1. The zero-order chi connectivity index (χ0) is 11.3. The third-order valence-electron chi connectivity index (χ3n) is 2.55. The van der Waals surface area contributed by atoms with Crippen LogP contribution in [0.5, 0.6) is 0 Å². The van der Waals surface area contributed by atoms with Crippen molar-refractivity contribution in [1.82, 2.24) is 10.2 Å². The first-order chi connectivity index (χ1) is 7.04. The van der Waals surface area contributed by atoms with Gasteiger partial charge in [-0.2, -0.15) is 13.2 Å². The van der Waals surface area contributed by atoms with E-state index in [0.29, 0.717) is 26.2 Å². The minimum absolute atomic E-state index is 0.0208. The minimum atomic E-state index is -4.11. The Bertz CT molecular complexity index is 187. The maximum Gasteiger partial charge on any atom is 0.394 e. The second-order valence-corrected chi connectivity index (χ2v) is 3.74. The topological polar surface area (TPSA) is 24.5 Å². The van der Waals surface area contributed by atoms with E-state index in [9.17, 15) is 13.2 Å². The lowest BCUT2D eigenvalue weighted by Crippen LogP contribution is -2.39. The molecule has 90 valence electrons. The smallest absolute Gasteiger partial charge is 0.383 e. The van der Waals surface area contributed by atoms with E-state index >= 15 is 0 Å². The van der Waals surface area contributed by atoms with Crippen molar-refractivity contribution >= 4 is 0 Å². The maximum absolute atomic E-state index is 12.5. The van der Waals surface area contributed by atoms with E-state index in [0.717, 1.165) is 0 Å². The maximum atomic E-state index is 12.5. The summed E-state index contributed by atoms with van der Waals surface area (Å²) in [4.78, 5) is 1.79. The van der Waals surface area contributed by atoms with Gasteiger partial charge in [0.25, 0.3) is 0 Å². The van der Waals surface area contributed by atoms with Crippen LogP contribution < -0.4 is 5.32 Å². The molecule has 1 fully saturated rings. The van der Waals surface area contributed by atoms with Crippen molar-refractivity contribution in [2.45, 2.75) is 6.18 Å². The highest BCUT2D eigenvalue weighted by Crippen LogP contribution is 2.27. The monoisotopic (exact) mass is 226 g/mol. The molecule has 0 aromatic heterocycles. The number of methoxy groups -OCH3 is 1. The van der Waals surface area contributed by atoms with Crippen LogP contribution in [0.4, 0.5) is 13.2 Å². The van der Waals surface area contributed by atoms with Crippen LogP contribution in [0.25, 0.3) is 0 Å². The first-order valence-corrected chi connectivity index (χ1v) is 5.02. The molecule has 15 heavy (non-hydrogen) atoms. The molecule has 0 aromatic carbocycles. The van der Waals surface area contributed by atoms with Crippen LogP contribution in [0.15, 0.2) is 0 Å². The van der Waals surface area contributed by atoms with Gasteiger partial charge in [0.05, 0.1) is 12.5 Å². The van der Waals surface area contributed by atoms with E-state index in [2.05, 4.69) is 5.32 Å². The summed E-state index contributed by atoms with van der Waals surface area (Å²) < 4.78 is 42.4. The summed E-state index contributed by atoms with van der Waals surface area (Å²) in [5.74, 6) is -1.27. The van der Waals surface area contributed by atoms with Gasteiger partial charge in [0.15, 0.2) is 0 Å². The molecular weight excluding hydrogens is 209 g/mol. The second kappa shape index (κ2) is 5.67. The zero-order valence-corrected chi connectivity index (χ0v) is 8.81. The molecule has 1 heterocycles. The molecular formula is C9H17F3N2O. The largest absolute Gasteiger partial charge is 0.394 e. The summed E-state index contributed by atoms with van der Waals surface area (Å²) in [7, 11) is 1.55. The van der Waals surface area contributed by atoms with Crippen LogP contribution in [-0.2, 0) is 4.74 Å². The fourth-order valence-corrected chi connectivity index (χ4v) is 1.62. The van der Waals surface area contributed by atoms with Gasteiger partial charge >= 0.3 is 6.18 Å². The van der Waals surface area contributed by atoms with Gasteiger partial charge in [0.1, 0.15) is 0 Å². The van der Waals surface area contributed by atoms with Gasteiger partial charge in [-0.25, -0.2) is 0 Å². The van der Waals surface area contributed by atoms with Crippen LogP contribution in [-0.4, -0.2) is 57.5 Å². The van der Waals surface area contributed by atoms with Crippen molar-refractivity contribution in [3.63, 3.8) is 0 Å². The highest BCUT2D eigenvalue weighted by Gasteiger charge is 2.40. The lowest BCUT2D eigenvalue weighted by molar-refractivity contribution is -0.176. The Labute approximate surface area is 87.6 Å². The molecule has 0 spiro atoms. The van der Waals surface area contributed by atoms with E-state index in [1.165, 1.54) is 0 Å². The standard InChI is InChI=1S/C9H17F3N2O/c1-15-5-4-14-3-2-13-6-8(7-14)9(10,11)12/h8,13H,2-7H2,1H3. The number of nitrogens with zero attached hydrogens (tertiary/aromatic N) is 1. The van der Waals surface area contributed by atoms with Gasteiger partial charge in [-0.1, -0.05) is 0 Å². The second-order valence-electron chi connectivity index (χ2n) is 3.74. The number of alkyl halides is 3. The minimum Gasteiger partial charge on any atom is -0.383 e. The summed E-state index contributed by atoms with van der Waals surface area (Å²) in [5, 5.41) is 2.81. The predicted molar refractivity (Wildman–Crippen MR) is 50.7 cm³/mol. The first kappa shape index (κ1) is 12.7. The third kappa shape index (κ3) is 4.36. The first-order valence-electron chi connectivity index (χ1n) is 5.02. The van der Waals surface area contributed by atoms with E-state index in [1.54, 1.807) is 12.0 Å². The van der Waals surface area contributed by atoms with Crippen LogP contribution in [0.1, 0.15) is 0 Å². The van der Waals surface area contributed by atoms with Crippen LogP contribution in [0.3, 0.4) is 0 Å². The van der Waals surface area contributed by atoms with Crippen molar-refractivity contribution in [2.24, 2.45) is 5.92 Å². The summed E-state index contributed by atoms with van der Waals surface area (Å²) in [6.45, 7) is 2.38. The Morgan fingerprint density at radius 2 is 2.20 bits per heavy atom. The number of ether oxygens (including phenoxy) is 1. The van der Waals surface area contributed by atoms with Gasteiger partial charge in [-0.3, -0.25) is 4.90 Å². The Hall–Kier alpha value is -0.330. The summed E-state index contributed by atoms with van der Waals surface area (Å²) in [6, 6.07) is 0. The number of rotatable bonds is 3. The molecule has 1 atom stereocenters. The average Bonchev–Trinajstić information content (AvgIpc) is 2.38. The highest BCUT2D eigenvalue weighted by molar-refractivity contribution is 4.78. The average molecular weight is 226 g/mol. The molecule has 0 amide bonds. The fourth-order valence-electron chi connectivity index (χ4n) is 1.62. The van der Waals surface area contributed by atoms with E-state index < -0.39 is 12.1 Å². The highest BCUT2D eigenvalue weighted by atomic mass is 19.4. The molecule has 1 N–H and O–H groups in total. The van der Waals surface area contributed by atoms with Gasteiger partial charge in [-0.15, -0.1) is 0 Å². The van der Waals surface area contributed by atoms with Crippen LogP contribution in [0, 0.1) is 5.92 Å². The normalized spacial score (nSPS) is 25.2. The van der Waals surface area contributed by atoms with Crippen molar-refractivity contribution in [3.05, 3.63) is 0 Å². The molecule has 0 aliphatic carbocycles. The quantitative estimate of drug-likeness (QED) is 0.767. The fraction of sp³-hybridized carbons (Fsp3) is 1.00.